The quantitative estimate of drug-likeness (QED) is 0.670. The molecule has 1 unspecified atom stereocenters. The number of hydrogen-bond acceptors (Lipinski definition) is 3. The summed E-state index contributed by atoms with van der Waals surface area (Å²) in [6.07, 6.45) is 0.816. The lowest BCUT2D eigenvalue weighted by Crippen LogP contribution is -2.36. The summed E-state index contributed by atoms with van der Waals surface area (Å²) in [5.41, 5.74) is 0. The zero-order chi connectivity index (χ0) is 9.68. The Bertz CT molecular complexity index is 146. The van der Waals surface area contributed by atoms with Gasteiger partial charge in [0.2, 0.25) is 0 Å². The molecule has 0 bridgehead atoms. The Morgan fingerprint density at radius 2 is 2.08 bits per heavy atom. The van der Waals surface area contributed by atoms with E-state index in [9.17, 15) is 5.11 Å². The molecule has 0 aromatic rings. The largest absolute Gasteiger partial charge is 0.391 e. The molecule has 1 aliphatic rings. The number of nitrogens with zero attached hydrogens (tertiary/aromatic N) is 2. The number of likely N-dealkylation sites (N-methyl/N-ethyl adjacent to an activating group) is 1. The highest BCUT2D eigenvalue weighted by atomic mass is 35.5. The fourth-order valence-electron chi connectivity index (χ4n) is 1.63. The van der Waals surface area contributed by atoms with Crippen LogP contribution in [0.5, 0.6) is 0 Å². The summed E-state index contributed by atoms with van der Waals surface area (Å²) in [6.45, 7) is 5.10. The first-order valence-electron chi connectivity index (χ1n) is 4.87. The van der Waals surface area contributed by atoms with E-state index in [0.717, 1.165) is 32.7 Å². The average Bonchev–Trinajstić information content (AvgIpc) is 2.31. The molecule has 13 heavy (non-hydrogen) atoms. The Balaban J connectivity index is 2.25. The van der Waals surface area contributed by atoms with E-state index < -0.39 is 0 Å². The summed E-state index contributed by atoms with van der Waals surface area (Å²) in [4.78, 5) is 4.61. The third kappa shape index (κ3) is 4.27. The third-order valence-corrected chi connectivity index (χ3v) is 2.82. The van der Waals surface area contributed by atoms with Crippen molar-refractivity contribution in [1.29, 1.82) is 0 Å². The number of alkyl halides is 1. The number of rotatable bonds is 3. The monoisotopic (exact) mass is 206 g/mol. The minimum absolute atomic E-state index is 0.340. The van der Waals surface area contributed by atoms with Crippen LogP contribution in [0.2, 0.25) is 0 Å². The molecule has 1 rings (SSSR count). The minimum Gasteiger partial charge on any atom is -0.391 e. The summed E-state index contributed by atoms with van der Waals surface area (Å²) in [5.74, 6) is 0.340. The number of β-amino-alcohol motifs (C(OH)–C–C–N with tert-alkyl or cyclic N) is 1. The Morgan fingerprint density at radius 1 is 1.31 bits per heavy atom. The molecule has 0 aliphatic carbocycles. The molecule has 0 aromatic heterocycles. The molecular formula is C9H19ClN2O. The lowest BCUT2D eigenvalue weighted by Gasteiger charge is -2.22. The third-order valence-electron chi connectivity index (χ3n) is 2.46. The van der Waals surface area contributed by atoms with Crippen LogP contribution in [-0.4, -0.2) is 66.7 Å². The normalized spacial score (nSPS) is 24.2. The highest BCUT2D eigenvalue weighted by Gasteiger charge is 2.14. The Hall–Kier alpha value is 0.170. The van der Waals surface area contributed by atoms with Crippen molar-refractivity contribution in [2.24, 2.45) is 0 Å². The number of aliphatic hydroxyl groups excluding tert-OH is 1. The molecule has 0 saturated carbocycles. The molecule has 1 aliphatic heterocycles. The van der Waals surface area contributed by atoms with Gasteiger partial charge in [-0.3, -0.25) is 4.90 Å². The molecule has 4 heteroatoms. The van der Waals surface area contributed by atoms with Crippen LogP contribution in [0.4, 0.5) is 0 Å². The van der Waals surface area contributed by atoms with E-state index >= 15 is 0 Å². The highest BCUT2D eigenvalue weighted by Crippen LogP contribution is 2.02. The second-order valence-corrected chi connectivity index (χ2v) is 4.07. The van der Waals surface area contributed by atoms with Crippen molar-refractivity contribution >= 4 is 11.6 Å². The van der Waals surface area contributed by atoms with Gasteiger partial charge < -0.3 is 10.0 Å². The van der Waals surface area contributed by atoms with Crippen molar-refractivity contribution in [3.05, 3.63) is 0 Å². The van der Waals surface area contributed by atoms with Crippen LogP contribution in [0.15, 0.2) is 0 Å². The van der Waals surface area contributed by atoms with E-state index in [1.54, 1.807) is 0 Å². The van der Waals surface area contributed by atoms with Gasteiger partial charge in [0, 0.05) is 25.5 Å². The maximum absolute atomic E-state index is 9.38. The fourth-order valence-corrected chi connectivity index (χ4v) is 1.73. The van der Waals surface area contributed by atoms with Crippen LogP contribution < -0.4 is 0 Å². The fraction of sp³-hybridized carbons (Fsp3) is 1.00. The zero-order valence-corrected chi connectivity index (χ0v) is 9.00. The molecule has 0 spiro atoms. The molecule has 1 heterocycles. The standard InChI is InChI=1S/C9H19ClN2O/c1-11-3-2-4-12(6-5-11)8-9(13)7-10/h9,13H,2-8H2,1H3. The number of halogens is 1. The Morgan fingerprint density at radius 3 is 2.77 bits per heavy atom. The zero-order valence-electron chi connectivity index (χ0n) is 8.25. The molecule has 1 N–H and O–H groups in total. The lowest BCUT2D eigenvalue weighted by molar-refractivity contribution is 0.131. The molecule has 3 nitrogen and oxygen atoms in total. The second kappa shape index (κ2) is 5.81. The first-order chi connectivity index (χ1) is 6.22. The van der Waals surface area contributed by atoms with Gasteiger partial charge in [-0.05, 0) is 26.6 Å². The highest BCUT2D eigenvalue weighted by molar-refractivity contribution is 6.18. The van der Waals surface area contributed by atoms with Crippen molar-refractivity contribution < 1.29 is 5.11 Å². The summed E-state index contributed by atoms with van der Waals surface area (Å²) in [6, 6.07) is 0. The average molecular weight is 207 g/mol. The van der Waals surface area contributed by atoms with E-state index in [4.69, 9.17) is 11.6 Å². The molecule has 0 amide bonds. The molecular weight excluding hydrogens is 188 g/mol. The van der Waals surface area contributed by atoms with Gasteiger partial charge in [0.05, 0.1) is 6.10 Å². The van der Waals surface area contributed by atoms with Gasteiger partial charge in [-0.2, -0.15) is 0 Å². The van der Waals surface area contributed by atoms with Crippen LogP contribution in [0.1, 0.15) is 6.42 Å². The molecule has 1 fully saturated rings. The summed E-state index contributed by atoms with van der Waals surface area (Å²) in [7, 11) is 2.14. The first-order valence-corrected chi connectivity index (χ1v) is 5.40. The van der Waals surface area contributed by atoms with Gasteiger partial charge >= 0.3 is 0 Å². The molecule has 78 valence electrons. The van der Waals surface area contributed by atoms with Crippen molar-refractivity contribution in [2.75, 3.05) is 45.7 Å². The van der Waals surface area contributed by atoms with E-state index in [0.29, 0.717) is 5.88 Å². The predicted molar refractivity (Wildman–Crippen MR) is 55.3 cm³/mol. The summed E-state index contributed by atoms with van der Waals surface area (Å²) < 4.78 is 0. The van der Waals surface area contributed by atoms with Crippen LogP contribution in [0.25, 0.3) is 0 Å². The molecule has 1 atom stereocenters. The van der Waals surface area contributed by atoms with Crippen LogP contribution in [0, 0.1) is 0 Å². The first kappa shape index (κ1) is 11.2. The van der Waals surface area contributed by atoms with Gasteiger partial charge in [-0.25, -0.2) is 0 Å². The van der Waals surface area contributed by atoms with Crippen molar-refractivity contribution in [3.8, 4) is 0 Å². The van der Waals surface area contributed by atoms with E-state index in [1.165, 1.54) is 6.42 Å². The lowest BCUT2D eigenvalue weighted by atomic mass is 10.3. The molecule has 0 aromatic carbocycles. The number of hydrogen-bond donors (Lipinski definition) is 1. The molecule has 1 saturated heterocycles. The maximum atomic E-state index is 9.38. The predicted octanol–water partition coefficient (Wildman–Crippen LogP) is 0.224. The van der Waals surface area contributed by atoms with Gasteiger partial charge in [0.15, 0.2) is 0 Å². The van der Waals surface area contributed by atoms with Crippen LogP contribution >= 0.6 is 11.6 Å². The Labute approximate surface area is 85.3 Å². The molecule has 0 radical (unpaired) electrons. The Kier molecular flexibility index (Phi) is 5.02. The summed E-state index contributed by atoms with van der Waals surface area (Å²) in [5, 5.41) is 9.38. The van der Waals surface area contributed by atoms with Gasteiger partial charge in [0.1, 0.15) is 0 Å². The van der Waals surface area contributed by atoms with E-state index in [-0.39, 0.29) is 6.10 Å². The topological polar surface area (TPSA) is 26.7 Å². The van der Waals surface area contributed by atoms with Crippen LogP contribution in [-0.2, 0) is 0 Å². The van der Waals surface area contributed by atoms with Crippen LogP contribution in [0.3, 0.4) is 0 Å². The number of aliphatic hydroxyl groups is 1. The maximum Gasteiger partial charge on any atom is 0.0802 e. The van der Waals surface area contributed by atoms with Crippen molar-refractivity contribution in [2.45, 2.75) is 12.5 Å². The SMILES string of the molecule is CN1CCCN(CC(O)CCl)CC1. The van der Waals surface area contributed by atoms with Gasteiger partial charge in [-0.1, -0.05) is 0 Å². The van der Waals surface area contributed by atoms with Crippen molar-refractivity contribution in [3.63, 3.8) is 0 Å². The van der Waals surface area contributed by atoms with Gasteiger partial charge in [-0.15, -0.1) is 11.6 Å². The second-order valence-electron chi connectivity index (χ2n) is 3.77. The van der Waals surface area contributed by atoms with E-state index in [2.05, 4.69) is 16.8 Å². The smallest absolute Gasteiger partial charge is 0.0802 e. The minimum atomic E-state index is -0.370. The summed E-state index contributed by atoms with van der Waals surface area (Å²) >= 11 is 5.55. The van der Waals surface area contributed by atoms with E-state index in [1.807, 2.05) is 0 Å². The van der Waals surface area contributed by atoms with Gasteiger partial charge in [0.25, 0.3) is 0 Å². The van der Waals surface area contributed by atoms with Crippen molar-refractivity contribution in [1.82, 2.24) is 9.80 Å².